The average molecular weight is 400 g/mol. The average Bonchev–Trinajstić information content (AvgIpc) is 2.74. The second-order valence-electron chi connectivity index (χ2n) is 7.88. The lowest BCUT2D eigenvalue weighted by molar-refractivity contribution is 0.0888. The first-order valence-corrected chi connectivity index (χ1v) is 10.7. The van der Waals surface area contributed by atoms with Gasteiger partial charge in [-0.3, -0.25) is 9.80 Å². The second kappa shape index (κ2) is 9.17. The van der Waals surface area contributed by atoms with Crippen molar-refractivity contribution in [3.05, 3.63) is 59.1 Å². The lowest BCUT2D eigenvalue weighted by Gasteiger charge is -2.44. The number of halogens is 1. The maximum Gasteiger partial charge on any atom is 0.119 e. The Morgan fingerprint density at radius 3 is 2.50 bits per heavy atom. The minimum Gasteiger partial charge on any atom is -0.497 e. The summed E-state index contributed by atoms with van der Waals surface area (Å²) in [5.74, 6) is 0.921. The molecular formula is C23H30ClN3O. The molecule has 0 aromatic heterocycles. The first-order chi connectivity index (χ1) is 13.7. The van der Waals surface area contributed by atoms with Crippen LogP contribution in [-0.2, 0) is 6.54 Å². The number of piperidine rings is 1. The molecule has 0 radical (unpaired) electrons. The van der Waals surface area contributed by atoms with Gasteiger partial charge in [0.15, 0.2) is 0 Å². The number of hydrogen-bond acceptors (Lipinski definition) is 4. The van der Waals surface area contributed by atoms with Crippen molar-refractivity contribution in [3.8, 4) is 5.75 Å². The fourth-order valence-corrected chi connectivity index (χ4v) is 4.72. The van der Waals surface area contributed by atoms with Crippen molar-refractivity contribution in [3.63, 3.8) is 0 Å². The molecule has 0 aliphatic carbocycles. The molecule has 0 unspecified atom stereocenters. The highest BCUT2D eigenvalue weighted by Gasteiger charge is 2.28. The van der Waals surface area contributed by atoms with Crippen LogP contribution in [0.1, 0.15) is 18.4 Å². The maximum atomic E-state index is 6.16. The Morgan fingerprint density at radius 2 is 1.79 bits per heavy atom. The molecule has 2 aliphatic rings. The lowest BCUT2D eigenvalue weighted by atomic mass is 10.0. The summed E-state index contributed by atoms with van der Waals surface area (Å²) in [4.78, 5) is 7.78. The molecule has 0 amide bonds. The third kappa shape index (κ3) is 4.80. The summed E-state index contributed by atoms with van der Waals surface area (Å²) in [5, 5.41) is 0.834. The van der Waals surface area contributed by atoms with Gasteiger partial charge >= 0.3 is 0 Å². The molecule has 2 saturated heterocycles. The van der Waals surface area contributed by atoms with Gasteiger partial charge in [-0.15, -0.1) is 0 Å². The van der Waals surface area contributed by atoms with E-state index in [0.29, 0.717) is 6.04 Å². The van der Waals surface area contributed by atoms with Crippen LogP contribution in [0.5, 0.6) is 5.75 Å². The molecule has 0 N–H and O–H groups in total. The fraction of sp³-hybridized carbons (Fsp3) is 0.478. The molecular weight excluding hydrogens is 370 g/mol. The van der Waals surface area contributed by atoms with Gasteiger partial charge in [0.05, 0.1) is 7.11 Å². The molecule has 4 nitrogen and oxygen atoms in total. The third-order valence-electron chi connectivity index (χ3n) is 6.04. The number of nitrogens with zero attached hydrogens (tertiary/aromatic N) is 3. The number of anilines is 1. The minimum atomic E-state index is 0.672. The first kappa shape index (κ1) is 19.6. The Bertz CT molecular complexity index is 759. The highest BCUT2D eigenvalue weighted by Crippen LogP contribution is 2.24. The van der Waals surface area contributed by atoms with Gasteiger partial charge in [0.2, 0.25) is 0 Å². The Labute approximate surface area is 173 Å². The predicted molar refractivity (Wildman–Crippen MR) is 117 cm³/mol. The molecule has 5 heteroatoms. The number of ether oxygens (including phenoxy) is 1. The standard InChI is InChI=1S/C23H30ClN3O/c1-28-23-9-7-21(8-10-23)26-12-14-27(15-13-26)22-6-3-11-25(18-22)17-19-4-2-5-20(24)16-19/h2,4-5,7-10,16,22H,3,6,11-15,17-18H2,1H3/t22-/m1/s1. The van der Waals surface area contributed by atoms with Crippen LogP contribution in [0.15, 0.2) is 48.5 Å². The molecule has 1 atom stereocenters. The van der Waals surface area contributed by atoms with Gasteiger partial charge < -0.3 is 9.64 Å². The van der Waals surface area contributed by atoms with Crippen LogP contribution in [0, 0.1) is 0 Å². The van der Waals surface area contributed by atoms with Crippen LogP contribution in [0.2, 0.25) is 5.02 Å². The quantitative estimate of drug-likeness (QED) is 0.752. The smallest absolute Gasteiger partial charge is 0.119 e. The van der Waals surface area contributed by atoms with E-state index in [1.807, 2.05) is 6.07 Å². The molecule has 2 aromatic rings. The largest absolute Gasteiger partial charge is 0.497 e. The van der Waals surface area contributed by atoms with Gasteiger partial charge in [-0.25, -0.2) is 0 Å². The highest BCUT2D eigenvalue weighted by molar-refractivity contribution is 6.30. The SMILES string of the molecule is COc1ccc(N2CCN([C@@H]3CCCN(Cc4cccc(Cl)c4)C3)CC2)cc1. The Kier molecular flexibility index (Phi) is 6.40. The monoisotopic (exact) mass is 399 g/mol. The summed E-state index contributed by atoms with van der Waals surface area (Å²) in [6.07, 6.45) is 2.60. The molecule has 4 rings (SSSR count). The van der Waals surface area contributed by atoms with Crippen LogP contribution in [0.25, 0.3) is 0 Å². The molecule has 2 aromatic carbocycles. The Balaban J connectivity index is 1.30. The van der Waals surface area contributed by atoms with Crippen molar-refractivity contribution in [2.24, 2.45) is 0 Å². The normalized spacial score (nSPS) is 21.6. The van der Waals surface area contributed by atoms with Crippen molar-refractivity contribution in [2.45, 2.75) is 25.4 Å². The summed E-state index contributed by atoms with van der Waals surface area (Å²) >= 11 is 6.16. The number of benzene rings is 2. The van der Waals surface area contributed by atoms with Gasteiger partial charge in [-0.2, -0.15) is 0 Å². The zero-order valence-corrected chi connectivity index (χ0v) is 17.4. The Hall–Kier alpha value is -1.75. The van der Waals surface area contributed by atoms with Crippen LogP contribution < -0.4 is 9.64 Å². The summed E-state index contributed by atoms with van der Waals surface area (Å²) in [6.45, 7) is 7.82. The molecule has 0 spiro atoms. The summed E-state index contributed by atoms with van der Waals surface area (Å²) < 4.78 is 5.27. The number of piperazine rings is 1. The number of hydrogen-bond donors (Lipinski definition) is 0. The molecule has 0 saturated carbocycles. The van der Waals surface area contributed by atoms with Gasteiger partial charge in [0.1, 0.15) is 5.75 Å². The molecule has 28 heavy (non-hydrogen) atoms. The third-order valence-corrected chi connectivity index (χ3v) is 6.28. The van der Waals surface area contributed by atoms with Gasteiger partial charge in [0, 0.05) is 56.0 Å². The van der Waals surface area contributed by atoms with E-state index in [-0.39, 0.29) is 0 Å². The first-order valence-electron chi connectivity index (χ1n) is 10.3. The van der Waals surface area contributed by atoms with Gasteiger partial charge in [-0.05, 0) is 61.3 Å². The number of likely N-dealkylation sites (tertiary alicyclic amines) is 1. The van der Waals surface area contributed by atoms with Crippen molar-refractivity contribution >= 4 is 17.3 Å². The van der Waals surface area contributed by atoms with Crippen molar-refractivity contribution in [2.75, 3.05) is 51.3 Å². The van der Waals surface area contributed by atoms with Crippen LogP contribution in [0.4, 0.5) is 5.69 Å². The maximum absolute atomic E-state index is 6.16. The molecule has 2 heterocycles. The lowest BCUT2D eigenvalue weighted by Crippen LogP contribution is -2.55. The van der Waals surface area contributed by atoms with E-state index >= 15 is 0 Å². The van der Waals surface area contributed by atoms with Crippen LogP contribution in [-0.4, -0.2) is 62.2 Å². The van der Waals surface area contributed by atoms with E-state index in [0.717, 1.165) is 50.0 Å². The van der Waals surface area contributed by atoms with Crippen LogP contribution in [0.3, 0.4) is 0 Å². The number of rotatable bonds is 5. The van der Waals surface area contributed by atoms with Gasteiger partial charge in [-0.1, -0.05) is 23.7 Å². The molecule has 150 valence electrons. The molecule has 2 aliphatic heterocycles. The van der Waals surface area contributed by atoms with E-state index in [1.165, 1.54) is 30.6 Å². The van der Waals surface area contributed by atoms with E-state index in [2.05, 4.69) is 57.2 Å². The van der Waals surface area contributed by atoms with E-state index < -0.39 is 0 Å². The van der Waals surface area contributed by atoms with E-state index in [1.54, 1.807) is 7.11 Å². The fourth-order valence-electron chi connectivity index (χ4n) is 4.50. The Morgan fingerprint density at radius 1 is 1.00 bits per heavy atom. The topological polar surface area (TPSA) is 19.0 Å². The zero-order valence-electron chi connectivity index (χ0n) is 16.7. The van der Waals surface area contributed by atoms with Crippen molar-refractivity contribution < 1.29 is 4.74 Å². The summed E-state index contributed by atoms with van der Waals surface area (Å²) in [5.41, 5.74) is 2.61. The van der Waals surface area contributed by atoms with Gasteiger partial charge in [0.25, 0.3) is 0 Å². The van der Waals surface area contributed by atoms with Crippen LogP contribution >= 0.6 is 11.6 Å². The number of methoxy groups -OCH3 is 1. The second-order valence-corrected chi connectivity index (χ2v) is 8.32. The van der Waals surface area contributed by atoms with Crippen molar-refractivity contribution in [1.29, 1.82) is 0 Å². The highest BCUT2D eigenvalue weighted by atomic mass is 35.5. The van der Waals surface area contributed by atoms with Crippen molar-refractivity contribution in [1.82, 2.24) is 9.80 Å². The van der Waals surface area contributed by atoms with E-state index in [9.17, 15) is 0 Å². The molecule has 0 bridgehead atoms. The summed E-state index contributed by atoms with van der Waals surface area (Å²) in [7, 11) is 1.72. The van der Waals surface area contributed by atoms with E-state index in [4.69, 9.17) is 16.3 Å². The molecule has 2 fully saturated rings. The summed E-state index contributed by atoms with van der Waals surface area (Å²) in [6, 6.07) is 17.4. The minimum absolute atomic E-state index is 0.672. The predicted octanol–water partition coefficient (Wildman–Crippen LogP) is 4.14. The zero-order chi connectivity index (χ0) is 19.3.